The van der Waals surface area contributed by atoms with Crippen LogP contribution in [0.15, 0.2) is 30.3 Å². The quantitative estimate of drug-likeness (QED) is 0.776. The fourth-order valence-corrected chi connectivity index (χ4v) is 2.21. The molecule has 0 aromatic heterocycles. The first-order valence-electron chi connectivity index (χ1n) is 5.67. The minimum Gasteiger partial charge on any atom is -0.376 e. The Morgan fingerprint density at radius 1 is 1.47 bits per heavy atom. The van der Waals surface area contributed by atoms with Gasteiger partial charge in [0.1, 0.15) is 0 Å². The van der Waals surface area contributed by atoms with Crippen molar-refractivity contribution < 1.29 is 9.90 Å². The second-order valence-corrected chi connectivity index (χ2v) is 4.15. The van der Waals surface area contributed by atoms with Crippen LogP contribution in [0.1, 0.15) is 23.2 Å². The molecule has 0 radical (unpaired) electrons. The van der Waals surface area contributed by atoms with E-state index in [1.807, 2.05) is 6.07 Å². The van der Waals surface area contributed by atoms with E-state index in [9.17, 15) is 9.90 Å². The molecule has 2 rings (SSSR count). The highest BCUT2D eigenvalue weighted by Gasteiger charge is 2.34. The van der Waals surface area contributed by atoms with Gasteiger partial charge in [-0.2, -0.15) is 5.26 Å². The Hall–Kier alpha value is -1.86. The fourth-order valence-electron chi connectivity index (χ4n) is 2.21. The molecular weight excluding hydrogens is 216 g/mol. The summed E-state index contributed by atoms with van der Waals surface area (Å²) < 4.78 is 0. The lowest BCUT2D eigenvalue weighted by atomic mass is 10.1. The van der Waals surface area contributed by atoms with Crippen LogP contribution >= 0.6 is 0 Å². The second-order valence-electron chi connectivity index (χ2n) is 4.15. The van der Waals surface area contributed by atoms with E-state index < -0.39 is 6.10 Å². The molecule has 4 heteroatoms. The number of rotatable bonds is 2. The molecule has 1 amide bonds. The third-order valence-corrected chi connectivity index (χ3v) is 3.08. The first-order valence-corrected chi connectivity index (χ1v) is 5.67. The normalized spacial score (nSPS) is 20.9. The second kappa shape index (κ2) is 4.98. The summed E-state index contributed by atoms with van der Waals surface area (Å²) in [6.45, 7) is 0.608. The molecule has 0 aliphatic carbocycles. The Morgan fingerprint density at radius 2 is 2.18 bits per heavy atom. The topological polar surface area (TPSA) is 64.3 Å². The van der Waals surface area contributed by atoms with Gasteiger partial charge in [-0.25, -0.2) is 0 Å². The Bertz CT molecular complexity index is 438. The van der Waals surface area contributed by atoms with Crippen molar-refractivity contribution in [3.8, 4) is 6.07 Å². The lowest BCUT2D eigenvalue weighted by Crippen LogP contribution is -2.42. The highest BCUT2D eigenvalue weighted by molar-refractivity contribution is 5.94. The average molecular weight is 230 g/mol. The minimum absolute atomic E-state index is 0.109. The van der Waals surface area contributed by atoms with Crippen LogP contribution in [0.4, 0.5) is 0 Å². The number of aliphatic hydroxyl groups excluding tert-OH is 1. The van der Waals surface area contributed by atoms with E-state index in [2.05, 4.69) is 0 Å². The number of benzene rings is 1. The molecule has 1 aromatic carbocycles. The van der Waals surface area contributed by atoms with Gasteiger partial charge in [0.15, 0.2) is 6.10 Å². The van der Waals surface area contributed by atoms with E-state index in [1.54, 1.807) is 35.2 Å². The minimum atomic E-state index is -1.09. The van der Waals surface area contributed by atoms with Crippen LogP contribution < -0.4 is 0 Å². The van der Waals surface area contributed by atoms with Gasteiger partial charge < -0.3 is 10.0 Å². The van der Waals surface area contributed by atoms with Crippen LogP contribution in [0, 0.1) is 11.3 Å². The summed E-state index contributed by atoms with van der Waals surface area (Å²) in [7, 11) is 0. The molecule has 0 bridgehead atoms. The van der Waals surface area contributed by atoms with Gasteiger partial charge in [-0.1, -0.05) is 18.2 Å². The molecule has 1 heterocycles. The number of hydrogen-bond acceptors (Lipinski definition) is 3. The van der Waals surface area contributed by atoms with Crippen molar-refractivity contribution in [2.75, 3.05) is 6.54 Å². The number of nitriles is 1. The van der Waals surface area contributed by atoms with Crippen LogP contribution in [0.25, 0.3) is 0 Å². The van der Waals surface area contributed by atoms with Gasteiger partial charge in [0, 0.05) is 12.1 Å². The van der Waals surface area contributed by atoms with Gasteiger partial charge in [-0.3, -0.25) is 4.79 Å². The van der Waals surface area contributed by atoms with Gasteiger partial charge in [0.25, 0.3) is 5.91 Å². The maximum atomic E-state index is 12.2. The molecule has 1 saturated heterocycles. The van der Waals surface area contributed by atoms with Gasteiger partial charge in [-0.15, -0.1) is 0 Å². The summed E-state index contributed by atoms with van der Waals surface area (Å²) in [6, 6.07) is 10.4. The largest absolute Gasteiger partial charge is 0.376 e. The average Bonchev–Trinajstić information content (AvgIpc) is 2.87. The van der Waals surface area contributed by atoms with Crippen LogP contribution in [-0.2, 0) is 0 Å². The van der Waals surface area contributed by atoms with E-state index in [0.29, 0.717) is 18.5 Å². The Balaban J connectivity index is 2.17. The van der Waals surface area contributed by atoms with Crippen LogP contribution in [-0.4, -0.2) is 34.6 Å². The monoisotopic (exact) mass is 230 g/mol. The summed E-state index contributed by atoms with van der Waals surface area (Å²) >= 11 is 0. The van der Waals surface area contributed by atoms with E-state index in [0.717, 1.165) is 6.42 Å². The lowest BCUT2D eigenvalue weighted by Gasteiger charge is -2.25. The number of amides is 1. The van der Waals surface area contributed by atoms with E-state index in [-0.39, 0.29) is 11.9 Å². The summed E-state index contributed by atoms with van der Waals surface area (Å²) in [5.41, 5.74) is 0.601. The van der Waals surface area contributed by atoms with Gasteiger partial charge in [0.2, 0.25) is 0 Å². The molecule has 1 aromatic rings. The maximum Gasteiger partial charge on any atom is 0.254 e. The first kappa shape index (κ1) is 11.6. The highest BCUT2D eigenvalue weighted by Crippen LogP contribution is 2.22. The molecule has 1 aliphatic heterocycles. The zero-order chi connectivity index (χ0) is 12.3. The molecular formula is C13H14N2O2. The Kier molecular flexibility index (Phi) is 3.40. The molecule has 1 N–H and O–H groups in total. The van der Waals surface area contributed by atoms with Gasteiger partial charge in [0.05, 0.1) is 12.1 Å². The summed E-state index contributed by atoms with van der Waals surface area (Å²) in [5.74, 6) is -0.109. The molecule has 1 aliphatic rings. The van der Waals surface area contributed by atoms with Crippen molar-refractivity contribution in [2.24, 2.45) is 0 Å². The van der Waals surface area contributed by atoms with Crippen molar-refractivity contribution in [3.63, 3.8) is 0 Å². The summed E-state index contributed by atoms with van der Waals surface area (Å²) in [6.07, 6.45) is 0.431. The van der Waals surface area contributed by atoms with Crippen LogP contribution in [0.2, 0.25) is 0 Å². The first-order chi connectivity index (χ1) is 8.24. The predicted molar refractivity (Wildman–Crippen MR) is 62.1 cm³/mol. The molecule has 0 spiro atoms. The number of carbonyl (C=O) groups is 1. The van der Waals surface area contributed by atoms with Crippen molar-refractivity contribution in [1.82, 2.24) is 4.90 Å². The van der Waals surface area contributed by atoms with Crippen LogP contribution in [0.3, 0.4) is 0 Å². The number of likely N-dealkylation sites (tertiary alicyclic amines) is 1. The zero-order valence-electron chi connectivity index (χ0n) is 9.41. The summed E-state index contributed by atoms with van der Waals surface area (Å²) in [5, 5.41) is 18.3. The number of carbonyl (C=O) groups excluding carboxylic acids is 1. The van der Waals surface area contributed by atoms with Crippen molar-refractivity contribution in [3.05, 3.63) is 35.9 Å². The number of nitrogens with zero attached hydrogens (tertiary/aromatic N) is 2. The molecule has 1 fully saturated rings. The van der Waals surface area contributed by atoms with E-state index in [1.165, 1.54) is 0 Å². The number of aliphatic hydroxyl groups is 1. The molecule has 0 saturated carbocycles. The predicted octanol–water partition coefficient (Wildman–Crippen LogP) is 1.18. The number of hydrogen-bond donors (Lipinski definition) is 1. The fraction of sp³-hybridized carbons (Fsp3) is 0.385. The highest BCUT2D eigenvalue weighted by atomic mass is 16.3. The third-order valence-electron chi connectivity index (χ3n) is 3.08. The van der Waals surface area contributed by atoms with Crippen molar-refractivity contribution in [2.45, 2.75) is 25.0 Å². The SMILES string of the molecule is N#CC(O)C1CCCN1C(=O)c1ccccc1. The van der Waals surface area contributed by atoms with Crippen molar-refractivity contribution in [1.29, 1.82) is 5.26 Å². The smallest absolute Gasteiger partial charge is 0.254 e. The van der Waals surface area contributed by atoms with Crippen LogP contribution in [0.5, 0.6) is 0 Å². The third kappa shape index (κ3) is 2.29. The summed E-state index contributed by atoms with van der Waals surface area (Å²) in [4.78, 5) is 13.8. The maximum absolute atomic E-state index is 12.2. The Labute approximate surface area is 100 Å². The Morgan fingerprint density at radius 3 is 2.82 bits per heavy atom. The lowest BCUT2D eigenvalue weighted by molar-refractivity contribution is 0.0604. The van der Waals surface area contributed by atoms with E-state index in [4.69, 9.17) is 5.26 Å². The standard InChI is InChI=1S/C13H14N2O2/c14-9-12(16)11-7-4-8-15(11)13(17)10-5-2-1-3-6-10/h1-3,5-6,11-12,16H,4,7-8H2. The molecule has 17 heavy (non-hydrogen) atoms. The van der Waals surface area contributed by atoms with Crippen molar-refractivity contribution >= 4 is 5.91 Å². The molecule has 2 atom stereocenters. The van der Waals surface area contributed by atoms with Gasteiger partial charge >= 0.3 is 0 Å². The molecule has 88 valence electrons. The molecule has 2 unspecified atom stereocenters. The molecule has 4 nitrogen and oxygen atoms in total. The van der Waals surface area contributed by atoms with Gasteiger partial charge in [-0.05, 0) is 25.0 Å². The zero-order valence-corrected chi connectivity index (χ0v) is 9.41. The van der Waals surface area contributed by atoms with E-state index >= 15 is 0 Å².